The molecule has 0 fully saturated rings. The Morgan fingerprint density at radius 2 is 0.536 bits per heavy atom. The second-order valence-corrected chi connectivity index (χ2v) is 10.8. The average Bonchev–Trinajstić information content (AvgIpc) is 3.21. The summed E-state index contributed by atoms with van der Waals surface area (Å²) in [4.78, 5) is 52.2. The smallest absolute Gasteiger partial charge is 0.545 e. The maximum atomic E-state index is 10.1. The van der Waals surface area contributed by atoms with Crippen molar-refractivity contribution in [2.24, 2.45) is 0 Å². The maximum absolute atomic E-state index is 10.1. The van der Waals surface area contributed by atoms with Crippen LogP contribution in [0.4, 0.5) is 11.4 Å². The molecule has 0 unspecified atom stereocenters. The molecule has 0 saturated carbocycles. The molecule has 12 nitrogen and oxygen atoms in total. The van der Waals surface area contributed by atoms with E-state index in [1.807, 2.05) is 62.3 Å². The van der Waals surface area contributed by atoms with Crippen LogP contribution in [0.5, 0.6) is 0 Å². The van der Waals surface area contributed by atoms with E-state index in [0.29, 0.717) is 0 Å². The molecule has 0 atom stereocenters. The van der Waals surface area contributed by atoms with E-state index in [-0.39, 0.29) is 56.4 Å². The molecule has 0 amide bonds. The van der Waals surface area contributed by atoms with E-state index in [4.69, 9.17) is 0 Å². The molecular formula is C42H40Cu2N4O8. The van der Waals surface area contributed by atoms with Gasteiger partial charge in [0.1, 0.15) is 0 Å². The Balaban J connectivity index is 0. The quantitative estimate of drug-likeness (QED) is 0.223. The number of carbonyl (C=O) groups excluding carboxylic acids is 4. The number of pyridine rings is 2. The molecule has 0 saturated heterocycles. The summed E-state index contributed by atoms with van der Waals surface area (Å²) in [5.41, 5.74) is 3.25. The van der Waals surface area contributed by atoms with Gasteiger partial charge in [-0.05, 0) is 46.5 Å². The first-order valence-electron chi connectivity index (χ1n) is 16.0. The first-order valence-corrected chi connectivity index (χ1v) is 16.0. The third-order valence-electron chi connectivity index (χ3n) is 6.40. The molecule has 2 heterocycles. The van der Waals surface area contributed by atoms with Gasteiger partial charge in [0.05, 0.1) is 23.9 Å². The molecule has 0 aliphatic heterocycles. The summed E-state index contributed by atoms with van der Waals surface area (Å²) in [7, 11) is 8.04. The van der Waals surface area contributed by atoms with Crippen LogP contribution in [0, 0.1) is 0 Å². The minimum absolute atomic E-state index is 0. The largest absolute Gasteiger partial charge is 2.00 e. The minimum Gasteiger partial charge on any atom is -0.545 e. The van der Waals surface area contributed by atoms with Crippen LogP contribution < -0.4 is 30.2 Å². The fraction of sp³-hybridized carbons (Fsp3) is 0.0952. The molecule has 0 aliphatic rings. The summed E-state index contributed by atoms with van der Waals surface area (Å²) < 4.78 is 0. The monoisotopic (exact) mass is 854 g/mol. The van der Waals surface area contributed by atoms with Crippen LogP contribution in [-0.2, 0) is 34.1 Å². The molecule has 0 aliphatic carbocycles. The summed E-state index contributed by atoms with van der Waals surface area (Å²) in [6, 6.07) is 40.1. The zero-order chi connectivity index (χ0) is 40.1. The number of hydrogen-bond acceptors (Lipinski definition) is 12. The standard InChI is InChI=1S/2C7H10N2.4C7H6O2.2Cu/c2*1-9(2)7-3-5-8-6-4-7;4*8-7(9)6-4-2-1-3-5-6;;/h2*3-6H,1-2H3;4*1-5H,(H,8,9);;/q;;;;;;2*+2/p-4. The van der Waals surface area contributed by atoms with Gasteiger partial charge >= 0.3 is 34.1 Å². The zero-order valence-electron chi connectivity index (χ0n) is 30.8. The molecule has 298 valence electrons. The number of carbonyl (C=O) groups is 4. The molecule has 14 heteroatoms. The molecule has 6 rings (SSSR count). The second kappa shape index (κ2) is 31.1. The Labute approximate surface area is 348 Å². The number of carboxylic acids is 4. The molecule has 0 bridgehead atoms. The number of aromatic nitrogens is 2. The van der Waals surface area contributed by atoms with E-state index in [9.17, 15) is 39.6 Å². The third-order valence-corrected chi connectivity index (χ3v) is 6.40. The van der Waals surface area contributed by atoms with E-state index >= 15 is 0 Å². The number of hydrogen-bond donors (Lipinski definition) is 0. The molecule has 6 aromatic rings. The van der Waals surface area contributed by atoms with Gasteiger partial charge in [0.25, 0.3) is 0 Å². The van der Waals surface area contributed by atoms with Crippen molar-refractivity contribution >= 4 is 35.3 Å². The molecule has 0 N–H and O–H groups in total. The first-order chi connectivity index (χ1) is 25.8. The molecule has 2 radical (unpaired) electrons. The van der Waals surface area contributed by atoms with Crippen molar-refractivity contribution < 1.29 is 73.7 Å². The van der Waals surface area contributed by atoms with Crippen molar-refractivity contribution in [3.05, 3.63) is 193 Å². The summed E-state index contributed by atoms with van der Waals surface area (Å²) in [5.74, 6) is -4.52. The van der Waals surface area contributed by atoms with Crippen LogP contribution >= 0.6 is 0 Å². The van der Waals surface area contributed by atoms with Gasteiger partial charge in [-0.3, -0.25) is 9.97 Å². The van der Waals surface area contributed by atoms with Crippen molar-refractivity contribution in [1.29, 1.82) is 0 Å². The van der Waals surface area contributed by atoms with Crippen LogP contribution in [0.25, 0.3) is 0 Å². The van der Waals surface area contributed by atoms with Crippen LogP contribution in [0.15, 0.2) is 170 Å². The summed E-state index contributed by atoms with van der Waals surface area (Å²) >= 11 is 0. The van der Waals surface area contributed by atoms with Crippen LogP contribution in [0.1, 0.15) is 41.4 Å². The second-order valence-electron chi connectivity index (χ2n) is 10.8. The summed E-state index contributed by atoms with van der Waals surface area (Å²) in [6.45, 7) is 0. The van der Waals surface area contributed by atoms with E-state index < -0.39 is 23.9 Å². The summed E-state index contributed by atoms with van der Waals surface area (Å²) in [5, 5.41) is 40.4. The van der Waals surface area contributed by atoms with E-state index in [0.717, 1.165) is 0 Å². The SMILES string of the molecule is CN(C)c1ccncc1.CN(C)c1ccncc1.O=C([O-])c1ccccc1.O=C([O-])c1ccccc1.O=C([O-])c1ccccc1.O=C([O-])c1ccccc1.[Cu+2].[Cu+2]. The van der Waals surface area contributed by atoms with Crippen molar-refractivity contribution in [1.82, 2.24) is 9.97 Å². The van der Waals surface area contributed by atoms with Crippen LogP contribution in [0.2, 0.25) is 0 Å². The Kier molecular flexibility index (Phi) is 28.8. The number of aromatic carboxylic acids is 4. The van der Waals surface area contributed by atoms with E-state index in [1.165, 1.54) is 59.9 Å². The fourth-order valence-corrected chi connectivity index (χ4v) is 3.58. The van der Waals surface area contributed by atoms with Crippen LogP contribution in [0.3, 0.4) is 0 Å². The Bertz CT molecular complexity index is 1670. The average molecular weight is 856 g/mol. The van der Waals surface area contributed by atoms with Gasteiger partial charge in [0.2, 0.25) is 0 Å². The molecular weight excluding hydrogens is 816 g/mol. The van der Waals surface area contributed by atoms with Gasteiger partial charge in [-0.15, -0.1) is 0 Å². The Morgan fingerprint density at radius 3 is 0.643 bits per heavy atom. The van der Waals surface area contributed by atoms with Gasteiger partial charge in [0.15, 0.2) is 0 Å². The first kappa shape index (κ1) is 51.8. The van der Waals surface area contributed by atoms with Gasteiger partial charge < -0.3 is 49.4 Å². The Morgan fingerprint density at radius 1 is 0.357 bits per heavy atom. The van der Waals surface area contributed by atoms with Crippen molar-refractivity contribution in [2.75, 3.05) is 38.0 Å². The summed E-state index contributed by atoms with van der Waals surface area (Å²) in [6.07, 6.45) is 7.15. The third kappa shape index (κ3) is 24.1. The number of carboxylic acid groups (broad SMARTS) is 4. The van der Waals surface area contributed by atoms with Crippen molar-refractivity contribution in [3.63, 3.8) is 0 Å². The molecule has 56 heavy (non-hydrogen) atoms. The Hall–Kier alpha value is -6.30. The van der Waals surface area contributed by atoms with Gasteiger partial charge in [0, 0.05) is 64.4 Å². The number of rotatable bonds is 6. The predicted octanol–water partition coefficient (Wildman–Crippen LogP) is 2.49. The number of anilines is 2. The van der Waals surface area contributed by atoms with Crippen molar-refractivity contribution in [3.8, 4) is 0 Å². The van der Waals surface area contributed by atoms with Gasteiger partial charge in [-0.2, -0.15) is 0 Å². The fourth-order valence-electron chi connectivity index (χ4n) is 3.58. The maximum Gasteiger partial charge on any atom is 2.00 e. The molecule has 2 aromatic heterocycles. The minimum atomic E-state index is -1.13. The normalized spacial score (nSPS) is 8.64. The van der Waals surface area contributed by atoms with Gasteiger partial charge in [-0.25, -0.2) is 0 Å². The van der Waals surface area contributed by atoms with E-state index in [1.54, 1.807) is 97.6 Å². The zero-order valence-corrected chi connectivity index (χ0v) is 32.7. The van der Waals surface area contributed by atoms with Gasteiger partial charge in [-0.1, -0.05) is 121 Å². The molecule has 4 aromatic carbocycles. The van der Waals surface area contributed by atoms with Crippen molar-refractivity contribution in [2.45, 2.75) is 0 Å². The predicted molar refractivity (Wildman–Crippen MR) is 200 cm³/mol. The molecule has 0 spiro atoms. The van der Waals surface area contributed by atoms with E-state index in [2.05, 4.69) is 9.97 Å². The number of benzene rings is 4. The van der Waals surface area contributed by atoms with Crippen LogP contribution in [-0.4, -0.2) is 62.0 Å². The topological polar surface area (TPSA) is 193 Å². The number of nitrogens with zero attached hydrogens (tertiary/aromatic N) is 4.